The van der Waals surface area contributed by atoms with Crippen molar-refractivity contribution >= 4 is 23.8 Å². The van der Waals surface area contributed by atoms with Crippen molar-refractivity contribution in [3.8, 4) is 0 Å². The summed E-state index contributed by atoms with van der Waals surface area (Å²) >= 11 is 0. The molecule has 1 aliphatic carbocycles. The lowest BCUT2D eigenvalue weighted by molar-refractivity contribution is -0.137. The molecule has 1 rings (SSSR count). The highest BCUT2D eigenvalue weighted by molar-refractivity contribution is 5.85. The molecular formula is C16H24O6. The van der Waals surface area contributed by atoms with Crippen LogP contribution < -0.4 is 0 Å². The Morgan fingerprint density at radius 1 is 1.14 bits per heavy atom. The lowest BCUT2D eigenvalue weighted by atomic mass is 9.86. The lowest BCUT2D eigenvalue weighted by Gasteiger charge is -2.19. The van der Waals surface area contributed by atoms with Crippen LogP contribution in [0.1, 0.15) is 57.8 Å². The molecule has 0 spiro atoms. The summed E-state index contributed by atoms with van der Waals surface area (Å²) in [6.07, 6.45) is 3.08. The molecule has 6 heteroatoms. The molecule has 6 nitrogen and oxygen atoms in total. The topological polar surface area (TPSA) is 109 Å². The molecule has 1 saturated carbocycles. The summed E-state index contributed by atoms with van der Waals surface area (Å²) in [4.78, 5) is 44.5. The molecule has 1 aliphatic rings. The molecule has 0 radical (unpaired) electrons. The van der Waals surface area contributed by atoms with Gasteiger partial charge >= 0.3 is 5.97 Å². The Labute approximate surface area is 129 Å². The average Bonchev–Trinajstić information content (AvgIpc) is 2.72. The zero-order chi connectivity index (χ0) is 16.5. The van der Waals surface area contributed by atoms with Crippen molar-refractivity contribution in [2.24, 2.45) is 11.8 Å². The number of hydrogen-bond donors (Lipinski definition) is 2. The molecule has 1 fully saturated rings. The largest absolute Gasteiger partial charge is 0.481 e. The molecule has 3 atom stereocenters. The van der Waals surface area contributed by atoms with E-state index >= 15 is 0 Å². The normalized spacial score (nSPS) is 24.4. The number of rotatable bonds is 11. The SMILES string of the molecule is O=CCC[C@H]1[C@@H](O)CC(=O)[C@@H]1CCC(=O)CCCCC(=O)O. The Kier molecular flexibility index (Phi) is 7.95. The van der Waals surface area contributed by atoms with Crippen LogP contribution >= 0.6 is 0 Å². The first-order chi connectivity index (χ1) is 10.5. The first kappa shape index (κ1) is 18.5. The van der Waals surface area contributed by atoms with Gasteiger partial charge in [-0.1, -0.05) is 0 Å². The monoisotopic (exact) mass is 312 g/mol. The van der Waals surface area contributed by atoms with E-state index in [1.165, 1.54) is 0 Å². The van der Waals surface area contributed by atoms with Crippen LogP contribution in [0, 0.1) is 11.8 Å². The molecule has 0 aromatic rings. The number of unbranched alkanes of at least 4 members (excludes halogenated alkanes) is 1. The van der Waals surface area contributed by atoms with Gasteiger partial charge in [-0.2, -0.15) is 0 Å². The second-order valence-corrected chi connectivity index (χ2v) is 5.93. The zero-order valence-electron chi connectivity index (χ0n) is 12.7. The average molecular weight is 312 g/mol. The highest BCUT2D eigenvalue weighted by Gasteiger charge is 2.40. The van der Waals surface area contributed by atoms with Gasteiger partial charge in [-0.15, -0.1) is 0 Å². The van der Waals surface area contributed by atoms with E-state index in [1.807, 2.05) is 0 Å². The number of hydrogen-bond acceptors (Lipinski definition) is 5. The summed E-state index contributed by atoms with van der Waals surface area (Å²) < 4.78 is 0. The molecule has 22 heavy (non-hydrogen) atoms. The lowest BCUT2D eigenvalue weighted by Crippen LogP contribution is -2.21. The van der Waals surface area contributed by atoms with E-state index in [0.717, 1.165) is 6.29 Å². The number of ketones is 2. The molecule has 0 aromatic heterocycles. The molecule has 124 valence electrons. The number of carbonyl (C=O) groups excluding carboxylic acids is 3. The fraction of sp³-hybridized carbons (Fsp3) is 0.750. The summed E-state index contributed by atoms with van der Waals surface area (Å²) in [5.74, 6) is -1.43. The van der Waals surface area contributed by atoms with E-state index in [1.54, 1.807) is 0 Å². The number of aldehydes is 1. The second-order valence-electron chi connectivity index (χ2n) is 5.93. The molecule has 2 N–H and O–H groups in total. The molecule has 0 unspecified atom stereocenters. The summed E-state index contributed by atoms with van der Waals surface area (Å²) in [5.41, 5.74) is 0. The number of carboxylic acid groups (broad SMARTS) is 1. The summed E-state index contributed by atoms with van der Waals surface area (Å²) in [6, 6.07) is 0. The highest BCUT2D eigenvalue weighted by atomic mass is 16.4. The van der Waals surface area contributed by atoms with E-state index in [2.05, 4.69) is 0 Å². The first-order valence-electron chi connectivity index (χ1n) is 7.83. The van der Waals surface area contributed by atoms with Crippen molar-refractivity contribution in [3.63, 3.8) is 0 Å². The number of aliphatic carboxylic acids is 1. The fourth-order valence-corrected chi connectivity index (χ4v) is 3.08. The molecule has 0 saturated heterocycles. The number of aliphatic hydroxyl groups is 1. The van der Waals surface area contributed by atoms with Gasteiger partial charge in [-0.25, -0.2) is 0 Å². The van der Waals surface area contributed by atoms with E-state index in [0.29, 0.717) is 38.5 Å². The van der Waals surface area contributed by atoms with Gasteiger partial charge < -0.3 is 15.0 Å². The molecule has 0 aromatic carbocycles. The van der Waals surface area contributed by atoms with Crippen LogP contribution in [-0.2, 0) is 19.2 Å². The zero-order valence-corrected chi connectivity index (χ0v) is 12.7. The van der Waals surface area contributed by atoms with Gasteiger partial charge in [-0.3, -0.25) is 14.4 Å². The maximum Gasteiger partial charge on any atom is 0.303 e. The third-order valence-corrected chi connectivity index (χ3v) is 4.28. The smallest absolute Gasteiger partial charge is 0.303 e. The van der Waals surface area contributed by atoms with Crippen molar-refractivity contribution in [2.45, 2.75) is 63.9 Å². The minimum atomic E-state index is -0.865. The standard InChI is InChI=1S/C16H24O6/c17-9-3-5-12-13(15(20)10-14(12)19)8-7-11(18)4-1-2-6-16(21)22/h9,12-14,19H,1-8,10H2,(H,21,22)/t12-,13-,14+/m1/s1. The number of carbonyl (C=O) groups is 4. The Bertz CT molecular complexity index is 417. The van der Waals surface area contributed by atoms with E-state index < -0.39 is 12.1 Å². The predicted molar refractivity (Wildman–Crippen MR) is 78.3 cm³/mol. The third-order valence-electron chi connectivity index (χ3n) is 4.28. The van der Waals surface area contributed by atoms with Crippen LogP contribution in [0.2, 0.25) is 0 Å². The number of Topliss-reactive ketones (excluding diaryl/α,β-unsaturated/α-hetero) is 2. The van der Waals surface area contributed by atoms with Crippen LogP contribution in [0.3, 0.4) is 0 Å². The minimum absolute atomic E-state index is 0.0220. The van der Waals surface area contributed by atoms with Crippen molar-refractivity contribution < 1.29 is 29.4 Å². The van der Waals surface area contributed by atoms with Crippen molar-refractivity contribution in [3.05, 3.63) is 0 Å². The summed E-state index contributed by atoms with van der Waals surface area (Å²) in [7, 11) is 0. The van der Waals surface area contributed by atoms with E-state index in [9.17, 15) is 24.3 Å². The van der Waals surface area contributed by atoms with Gasteiger partial charge in [0.05, 0.1) is 6.10 Å². The number of carboxylic acids is 1. The van der Waals surface area contributed by atoms with Gasteiger partial charge in [0.1, 0.15) is 17.9 Å². The molecular weight excluding hydrogens is 288 g/mol. The van der Waals surface area contributed by atoms with Crippen molar-refractivity contribution in [1.82, 2.24) is 0 Å². The number of aliphatic hydroxyl groups excluding tert-OH is 1. The van der Waals surface area contributed by atoms with Gasteiger partial charge in [0.2, 0.25) is 0 Å². The van der Waals surface area contributed by atoms with Crippen LogP contribution in [0.25, 0.3) is 0 Å². The summed E-state index contributed by atoms with van der Waals surface area (Å²) in [6.45, 7) is 0. The Balaban J connectivity index is 2.34. The van der Waals surface area contributed by atoms with Crippen LogP contribution in [0.15, 0.2) is 0 Å². The molecule has 0 amide bonds. The maximum atomic E-state index is 11.9. The van der Waals surface area contributed by atoms with E-state index in [4.69, 9.17) is 5.11 Å². The maximum absolute atomic E-state index is 11.9. The Hall–Kier alpha value is -1.56. The van der Waals surface area contributed by atoms with E-state index in [-0.39, 0.29) is 42.7 Å². The van der Waals surface area contributed by atoms with Crippen molar-refractivity contribution in [1.29, 1.82) is 0 Å². The summed E-state index contributed by atoms with van der Waals surface area (Å²) in [5, 5.41) is 18.4. The van der Waals surface area contributed by atoms with Gasteiger partial charge in [0.25, 0.3) is 0 Å². The van der Waals surface area contributed by atoms with Gasteiger partial charge in [0.15, 0.2) is 0 Å². The van der Waals surface area contributed by atoms with Crippen LogP contribution in [0.4, 0.5) is 0 Å². The molecule has 0 bridgehead atoms. The Morgan fingerprint density at radius 2 is 1.82 bits per heavy atom. The van der Waals surface area contributed by atoms with Gasteiger partial charge in [0, 0.05) is 38.0 Å². The van der Waals surface area contributed by atoms with Gasteiger partial charge in [-0.05, 0) is 31.6 Å². The Morgan fingerprint density at radius 3 is 2.45 bits per heavy atom. The molecule has 0 heterocycles. The first-order valence-corrected chi connectivity index (χ1v) is 7.83. The second kappa shape index (κ2) is 9.46. The van der Waals surface area contributed by atoms with Crippen molar-refractivity contribution in [2.75, 3.05) is 0 Å². The minimum Gasteiger partial charge on any atom is -0.481 e. The third kappa shape index (κ3) is 6.05. The quantitative estimate of drug-likeness (QED) is 0.442. The van der Waals surface area contributed by atoms with Crippen LogP contribution in [-0.4, -0.2) is 40.1 Å². The predicted octanol–water partition coefficient (Wildman–Crippen LogP) is 1.53. The highest BCUT2D eigenvalue weighted by Crippen LogP contribution is 2.35. The van der Waals surface area contributed by atoms with Crippen LogP contribution in [0.5, 0.6) is 0 Å². The molecule has 0 aliphatic heterocycles. The fourth-order valence-electron chi connectivity index (χ4n) is 3.08.